The van der Waals surface area contributed by atoms with Crippen molar-refractivity contribution >= 4 is 11.7 Å². The van der Waals surface area contributed by atoms with Crippen molar-refractivity contribution in [2.75, 3.05) is 0 Å². The van der Waals surface area contributed by atoms with Crippen LogP contribution < -0.4 is 0 Å². The average Bonchev–Trinajstić information content (AvgIpc) is 2.60. The van der Waals surface area contributed by atoms with Gasteiger partial charge >= 0.3 is 5.97 Å². The van der Waals surface area contributed by atoms with Gasteiger partial charge in [0.05, 0.1) is 10.5 Å². The van der Waals surface area contributed by atoms with Crippen LogP contribution in [-0.2, 0) is 4.74 Å². The van der Waals surface area contributed by atoms with Crippen LogP contribution in [0.3, 0.4) is 0 Å². The van der Waals surface area contributed by atoms with Crippen molar-refractivity contribution in [3.8, 4) is 0 Å². The fourth-order valence-electron chi connectivity index (χ4n) is 3.63. The van der Waals surface area contributed by atoms with E-state index in [1.807, 2.05) is 6.08 Å². The highest BCUT2D eigenvalue weighted by molar-refractivity contribution is 5.89. The molecule has 0 N–H and O–H groups in total. The topological polar surface area (TPSA) is 69.4 Å². The Hall–Kier alpha value is -2.43. The lowest BCUT2D eigenvalue weighted by atomic mass is 9.59. The minimum atomic E-state index is -0.481. The van der Waals surface area contributed by atoms with Gasteiger partial charge in [-0.2, -0.15) is 0 Å². The third kappa shape index (κ3) is 3.11. The molecular formula is C19H21NO4. The summed E-state index contributed by atoms with van der Waals surface area (Å²) in [6, 6.07) is 5.57. The van der Waals surface area contributed by atoms with Crippen molar-refractivity contribution in [2.45, 2.75) is 32.3 Å². The molecule has 1 aromatic carbocycles. The Kier molecular flexibility index (Phi) is 4.79. The molecule has 2 aliphatic carbocycles. The molecule has 1 aromatic rings. The van der Waals surface area contributed by atoms with Crippen molar-refractivity contribution in [1.29, 1.82) is 0 Å². The van der Waals surface area contributed by atoms with Crippen LogP contribution in [0.5, 0.6) is 0 Å². The number of esters is 1. The summed E-state index contributed by atoms with van der Waals surface area (Å²) >= 11 is 0. The number of nitrogens with zero attached hydrogens (tertiary/aromatic N) is 1. The molecular weight excluding hydrogens is 306 g/mol. The van der Waals surface area contributed by atoms with Gasteiger partial charge in [-0.1, -0.05) is 44.1 Å². The molecule has 24 heavy (non-hydrogen) atoms. The summed E-state index contributed by atoms with van der Waals surface area (Å²) in [5, 5.41) is 10.7. The SMILES string of the molecule is CCCC[C@@H]1[C@@H]2C=CC=C[C@H]2[C@H]1OC(=O)c1ccc([N+](=O)[O-])cc1. The Morgan fingerprint density at radius 1 is 1.17 bits per heavy atom. The minimum absolute atomic E-state index is 0.0311. The Bertz CT molecular complexity index is 677. The predicted octanol–water partition coefficient (Wildman–Crippen LogP) is 4.30. The van der Waals surface area contributed by atoms with Gasteiger partial charge in [0, 0.05) is 24.0 Å². The molecule has 0 aliphatic heterocycles. The van der Waals surface area contributed by atoms with Crippen molar-refractivity contribution in [3.05, 3.63) is 64.2 Å². The van der Waals surface area contributed by atoms with Crippen LogP contribution in [0.15, 0.2) is 48.6 Å². The Morgan fingerprint density at radius 2 is 1.83 bits per heavy atom. The molecule has 126 valence electrons. The number of benzene rings is 1. The first kappa shape index (κ1) is 16.4. The number of ether oxygens (including phenoxy) is 1. The van der Waals surface area contributed by atoms with E-state index in [1.54, 1.807) is 0 Å². The summed E-state index contributed by atoms with van der Waals surface area (Å²) in [7, 11) is 0. The summed E-state index contributed by atoms with van der Waals surface area (Å²) in [6.45, 7) is 2.16. The monoisotopic (exact) mass is 327 g/mol. The molecule has 4 atom stereocenters. The average molecular weight is 327 g/mol. The number of fused-ring (bicyclic) bond motifs is 1. The van der Waals surface area contributed by atoms with Gasteiger partial charge in [-0.3, -0.25) is 10.1 Å². The highest BCUT2D eigenvalue weighted by atomic mass is 16.6. The Balaban J connectivity index is 1.68. The number of nitro groups is 1. The van der Waals surface area contributed by atoms with Crippen LogP contribution in [0.1, 0.15) is 36.5 Å². The number of nitro benzene ring substituents is 1. The largest absolute Gasteiger partial charge is 0.458 e. The van der Waals surface area contributed by atoms with Crippen LogP contribution in [0.25, 0.3) is 0 Å². The maximum atomic E-state index is 12.4. The highest BCUT2D eigenvalue weighted by Gasteiger charge is 2.50. The molecule has 0 heterocycles. The molecule has 5 heteroatoms. The second-order valence-electron chi connectivity index (χ2n) is 6.40. The zero-order chi connectivity index (χ0) is 17.1. The molecule has 0 radical (unpaired) electrons. The van der Waals surface area contributed by atoms with E-state index in [9.17, 15) is 14.9 Å². The summed E-state index contributed by atoms with van der Waals surface area (Å²) in [5.41, 5.74) is 0.324. The molecule has 0 spiro atoms. The molecule has 0 aromatic heterocycles. The standard InChI is InChI=1S/C19H21NO4/c1-2-3-6-16-15-7-4-5-8-17(15)18(16)24-19(21)13-9-11-14(12-10-13)20(22)23/h4-5,7-12,15-18H,2-3,6H2,1H3/t15-,16+,17+,18-/m0/s1. The number of rotatable bonds is 6. The number of hydrogen-bond donors (Lipinski definition) is 0. The third-order valence-corrected chi connectivity index (χ3v) is 4.97. The fraction of sp³-hybridized carbons (Fsp3) is 0.421. The molecule has 0 bridgehead atoms. The summed E-state index contributed by atoms with van der Waals surface area (Å²) in [5.74, 6) is 0.658. The number of unbranched alkanes of at least 4 members (excludes halogenated alkanes) is 1. The molecule has 0 unspecified atom stereocenters. The Morgan fingerprint density at radius 3 is 2.46 bits per heavy atom. The van der Waals surface area contributed by atoms with Crippen molar-refractivity contribution in [1.82, 2.24) is 0 Å². The molecule has 0 amide bonds. The van der Waals surface area contributed by atoms with Gasteiger partial charge in [0.1, 0.15) is 6.10 Å². The van der Waals surface area contributed by atoms with Gasteiger partial charge in [0.25, 0.3) is 5.69 Å². The summed E-state index contributed by atoms with van der Waals surface area (Å²) < 4.78 is 5.76. The number of non-ortho nitro benzene ring substituents is 1. The molecule has 1 saturated carbocycles. The van der Waals surface area contributed by atoms with Gasteiger partial charge in [-0.05, 0) is 24.5 Å². The predicted molar refractivity (Wildman–Crippen MR) is 90.6 cm³/mol. The van der Waals surface area contributed by atoms with Crippen molar-refractivity contribution in [2.24, 2.45) is 17.8 Å². The summed E-state index contributed by atoms with van der Waals surface area (Å²) in [6.07, 6.45) is 11.6. The molecule has 3 rings (SSSR count). The first-order valence-electron chi connectivity index (χ1n) is 8.42. The molecule has 5 nitrogen and oxygen atoms in total. The van der Waals surface area contributed by atoms with Crippen molar-refractivity contribution in [3.63, 3.8) is 0 Å². The van der Waals surface area contributed by atoms with E-state index in [0.29, 0.717) is 17.4 Å². The van der Waals surface area contributed by atoms with E-state index in [0.717, 1.165) is 19.3 Å². The molecule has 0 saturated heterocycles. The molecule has 2 aliphatic rings. The molecule has 1 fully saturated rings. The maximum absolute atomic E-state index is 12.4. The van der Waals surface area contributed by atoms with Gasteiger partial charge in [-0.15, -0.1) is 0 Å². The number of carbonyl (C=O) groups excluding carboxylic acids is 1. The normalized spacial score (nSPS) is 27.2. The van der Waals surface area contributed by atoms with Gasteiger partial charge in [0.15, 0.2) is 0 Å². The van der Waals surface area contributed by atoms with Crippen LogP contribution in [0.4, 0.5) is 5.69 Å². The maximum Gasteiger partial charge on any atom is 0.338 e. The number of hydrogen-bond acceptors (Lipinski definition) is 4. The van der Waals surface area contributed by atoms with E-state index in [1.165, 1.54) is 24.3 Å². The van der Waals surface area contributed by atoms with E-state index >= 15 is 0 Å². The lowest BCUT2D eigenvalue weighted by Gasteiger charge is -2.50. The smallest absolute Gasteiger partial charge is 0.338 e. The van der Waals surface area contributed by atoms with Gasteiger partial charge < -0.3 is 4.74 Å². The zero-order valence-corrected chi connectivity index (χ0v) is 13.6. The minimum Gasteiger partial charge on any atom is -0.458 e. The Labute approximate surface area is 141 Å². The second kappa shape index (κ2) is 6.99. The first-order chi connectivity index (χ1) is 11.6. The number of allylic oxidation sites excluding steroid dienone is 3. The van der Waals surface area contributed by atoms with E-state index < -0.39 is 10.9 Å². The van der Waals surface area contributed by atoms with Crippen LogP contribution >= 0.6 is 0 Å². The van der Waals surface area contributed by atoms with E-state index in [2.05, 4.69) is 25.2 Å². The second-order valence-corrected chi connectivity index (χ2v) is 6.40. The third-order valence-electron chi connectivity index (χ3n) is 4.97. The summed E-state index contributed by atoms with van der Waals surface area (Å²) in [4.78, 5) is 22.6. The fourth-order valence-corrected chi connectivity index (χ4v) is 3.63. The van der Waals surface area contributed by atoms with Crippen LogP contribution in [-0.4, -0.2) is 17.0 Å². The zero-order valence-electron chi connectivity index (χ0n) is 13.6. The highest BCUT2D eigenvalue weighted by Crippen LogP contribution is 2.48. The first-order valence-corrected chi connectivity index (χ1v) is 8.42. The van der Waals surface area contributed by atoms with E-state index in [4.69, 9.17) is 4.74 Å². The lowest BCUT2D eigenvalue weighted by molar-refractivity contribution is -0.384. The lowest BCUT2D eigenvalue weighted by Crippen LogP contribution is -2.52. The quantitative estimate of drug-likeness (QED) is 0.444. The number of carbonyl (C=O) groups is 1. The van der Waals surface area contributed by atoms with E-state index in [-0.39, 0.29) is 17.7 Å². The van der Waals surface area contributed by atoms with Gasteiger partial charge in [-0.25, -0.2) is 4.79 Å². The van der Waals surface area contributed by atoms with Crippen LogP contribution in [0.2, 0.25) is 0 Å². The van der Waals surface area contributed by atoms with Gasteiger partial charge in [0.2, 0.25) is 0 Å². The van der Waals surface area contributed by atoms with Crippen molar-refractivity contribution < 1.29 is 14.5 Å². The van der Waals surface area contributed by atoms with Crippen LogP contribution in [0, 0.1) is 27.9 Å².